The molecule has 1 aliphatic carbocycles. The normalized spacial score (nSPS) is 27.6. The van der Waals surface area contributed by atoms with Gasteiger partial charge in [-0.25, -0.2) is 0 Å². The minimum atomic E-state index is 0. The molecule has 0 aromatic carbocycles. The zero-order valence-corrected chi connectivity index (χ0v) is 11.8. The molecule has 1 aromatic rings. The van der Waals surface area contributed by atoms with Gasteiger partial charge in [0.1, 0.15) is 0 Å². The number of fused-ring (bicyclic) bond motifs is 1. The lowest BCUT2D eigenvalue weighted by atomic mass is 9.90. The van der Waals surface area contributed by atoms with E-state index < -0.39 is 0 Å². The van der Waals surface area contributed by atoms with Crippen LogP contribution in [0.5, 0.6) is 0 Å². The molecule has 2 atom stereocenters. The maximum Gasteiger partial charge on any atom is 0.240 e. The van der Waals surface area contributed by atoms with Crippen LogP contribution in [0.1, 0.15) is 37.4 Å². The van der Waals surface area contributed by atoms with Crippen molar-refractivity contribution >= 4 is 12.4 Å². The highest BCUT2D eigenvalue weighted by Crippen LogP contribution is 2.29. The van der Waals surface area contributed by atoms with Crippen molar-refractivity contribution in [2.45, 2.75) is 50.9 Å². The zero-order chi connectivity index (χ0) is 12.4. The lowest BCUT2D eigenvalue weighted by molar-refractivity contribution is -0.0919. The molecule has 1 saturated carbocycles. The molecule has 2 unspecified atom stereocenters. The van der Waals surface area contributed by atoms with Gasteiger partial charge in [-0.2, -0.15) is 4.98 Å². The van der Waals surface area contributed by atoms with Crippen LogP contribution in [-0.2, 0) is 17.8 Å². The standard InChI is InChI=1S/C12H20N4O2.ClH/c13-7-12-14-11(15-18-12)8-16-5-6-17-10-4-2-1-3-9(10)16;/h9-10H,1-8,13H2;1H. The van der Waals surface area contributed by atoms with Gasteiger partial charge in [-0.1, -0.05) is 18.0 Å². The first-order valence-electron chi connectivity index (χ1n) is 6.74. The number of aromatic nitrogens is 2. The molecule has 0 amide bonds. The number of ether oxygens (including phenoxy) is 1. The van der Waals surface area contributed by atoms with Gasteiger partial charge in [0.2, 0.25) is 5.89 Å². The van der Waals surface area contributed by atoms with Crippen LogP contribution in [0.15, 0.2) is 4.52 Å². The second kappa shape index (κ2) is 6.65. The third-order valence-electron chi connectivity index (χ3n) is 3.88. The van der Waals surface area contributed by atoms with Crippen LogP contribution in [0.4, 0.5) is 0 Å². The molecule has 0 radical (unpaired) electrons. The topological polar surface area (TPSA) is 77.4 Å². The molecule has 1 aromatic heterocycles. The summed E-state index contributed by atoms with van der Waals surface area (Å²) in [7, 11) is 0. The first-order chi connectivity index (χ1) is 8.86. The molecule has 7 heteroatoms. The van der Waals surface area contributed by atoms with E-state index in [9.17, 15) is 0 Å². The summed E-state index contributed by atoms with van der Waals surface area (Å²) >= 11 is 0. The van der Waals surface area contributed by atoms with Crippen LogP contribution in [0.3, 0.4) is 0 Å². The summed E-state index contributed by atoms with van der Waals surface area (Å²) in [5.41, 5.74) is 5.47. The highest BCUT2D eigenvalue weighted by atomic mass is 35.5. The number of halogens is 1. The maximum absolute atomic E-state index is 5.85. The molecule has 0 bridgehead atoms. The molecular formula is C12H21ClN4O2. The van der Waals surface area contributed by atoms with Gasteiger partial charge < -0.3 is 15.0 Å². The molecule has 19 heavy (non-hydrogen) atoms. The first-order valence-corrected chi connectivity index (χ1v) is 6.74. The van der Waals surface area contributed by atoms with E-state index in [-0.39, 0.29) is 12.4 Å². The van der Waals surface area contributed by atoms with Gasteiger partial charge in [-0.05, 0) is 12.8 Å². The third-order valence-corrected chi connectivity index (χ3v) is 3.88. The van der Waals surface area contributed by atoms with Gasteiger partial charge in [-0.3, -0.25) is 4.90 Å². The van der Waals surface area contributed by atoms with Gasteiger partial charge in [0, 0.05) is 12.6 Å². The SMILES string of the molecule is Cl.NCc1nc(CN2CCOC3CCCCC32)no1. The van der Waals surface area contributed by atoms with Gasteiger partial charge in [-0.15, -0.1) is 12.4 Å². The minimum Gasteiger partial charge on any atom is -0.375 e. The Hall–Kier alpha value is -0.690. The molecule has 1 saturated heterocycles. The molecule has 2 fully saturated rings. The summed E-state index contributed by atoms with van der Waals surface area (Å²) in [5, 5.41) is 3.97. The predicted octanol–water partition coefficient (Wildman–Crippen LogP) is 1.09. The van der Waals surface area contributed by atoms with E-state index >= 15 is 0 Å². The number of hydrogen-bond donors (Lipinski definition) is 1. The van der Waals surface area contributed by atoms with Gasteiger partial charge in [0.25, 0.3) is 0 Å². The number of rotatable bonds is 3. The van der Waals surface area contributed by atoms with Crippen LogP contribution in [-0.4, -0.2) is 40.3 Å². The summed E-state index contributed by atoms with van der Waals surface area (Å²) in [6.07, 6.45) is 5.37. The van der Waals surface area contributed by atoms with E-state index in [4.69, 9.17) is 15.0 Å². The van der Waals surface area contributed by atoms with Crippen LogP contribution in [0.2, 0.25) is 0 Å². The molecule has 0 spiro atoms. The predicted molar refractivity (Wildman–Crippen MR) is 71.8 cm³/mol. The average Bonchev–Trinajstić information content (AvgIpc) is 2.87. The maximum atomic E-state index is 5.85. The fourth-order valence-corrected chi connectivity index (χ4v) is 2.99. The van der Waals surface area contributed by atoms with Crippen molar-refractivity contribution in [2.24, 2.45) is 5.73 Å². The van der Waals surface area contributed by atoms with E-state index in [1.54, 1.807) is 0 Å². The number of nitrogens with two attached hydrogens (primary N) is 1. The molecule has 2 heterocycles. The quantitative estimate of drug-likeness (QED) is 0.897. The van der Waals surface area contributed by atoms with Crippen LogP contribution >= 0.6 is 12.4 Å². The van der Waals surface area contributed by atoms with E-state index in [1.165, 1.54) is 25.7 Å². The summed E-state index contributed by atoms with van der Waals surface area (Å²) in [6, 6.07) is 0.521. The lowest BCUT2D eigenvalue weighted by Gasteiger charge is -2.43. The van der Waals surface area contributed by atoms with Gasteiger partial charge in [0.15, 0.2) is 5.82 Å². The number of morpholine rings is 1. The van der Waals surface area contributed by atoms with Gasteiger partial charge >= 0.3 is 0 Å². The van der Waals surface area contributed by atoms with Crippen molar-refractivity contribution in [2.75, 3.05) is 13.2 Å². The molecular weight excluding hydrogens is 268 g/mol. The lowest BCUT2D eigenvalue weighted by Crippen LogP contribution is -2.52. The van der Waals surface area contributed by atoms with Gasteiger partial charge in [0.05, 0.1) is 25.8 Å². The summed E-state index contributed by atoms with van der Waals surface area (Å²) < 4.78 is 10.9. The molecule has 2 aliphatic rings. The minimum absolute atomic E-state index is 0. The Kier molecular flexibility index (Phi) is 5.15. The Morgan fingerprint density at radius 3 is 2.95 bits per heavy atom. The Labute approximate surface area is 119 Å². The Morgan fingerprint density at radius 1 is 1.32 bits per heavy atom. The monoisotopic (exact) mass is 288 g/mol. The number of hydrogen-bond acceptors (Lipinski definition) is 6. The smallest absolute Gasteiger partial charge is 0.240 e. The van der Waals surface area contributed by atoms with Crippen molar-refractivity contribution in [1.29, 1.82) is 0 Å². The third kappa shape index (κ3) is 3.25. The fraction of sp³-hybridized carbons (Fsp3) is 0.833. The van der Waals surface area contributed by atoms with Crippen molar-refractivity contribution in [1.82, 2.24) is 15.0 Å². The van der Waals surface area contributed by atoms with E-state index in [2.05, 4.69) is 15.0 Å². The molecule has 6 nitrogen and oxygen atoms in total. The fourth-order valence-electron chi connectivity index (χ4n) is 2.99. The summed E-state index contributed by atoms with van der Waals surface area (Å²) in [4.78, 5) is 6.70. The summed E-state index contributed by atoms with van der Waals surface area (Å²) in [6.45, 7) is 2.81. The van der Waals surface area contributed by atoms with E-state index in [0.717, 1.165) is 25.5 Å². The average molecular weight is 289 g/mol. The zero-order valence-electron chi connectivity index (χ0n) is 11.0. The molecule has 2 N–H and O–H groups in total. The van der Waals surface area contributed by atoms with Crippen LogP contribution in [0.25, 0.3) is 0 Å². The van der Waals surface area contributed by atoms with Crippen molar-refractivity contribution in [3.63, 3.8) is 0 Å². The summed E-state index contributed by atoms with van der Waals surface area (Å²) in [5.74, 6) is 1.25. The van der Waals surface area contributed by atoms with E-state index in [0.29, 0.717) is 24.6 Å². The Morgan fingerprint density at radius 2 is 2.16 bits per heavy atom. The highest BCUT2D eigenvalue weighted by molar-refractivity contribution is 5.85. The molecule has 1 aliphatic heterocycles. The highest BCUT2D eigenvalue weighted by Gasteiger charge is 2.34. The van der Waals surface area contributed by atoms with Crippen LogP contribution < -0.4 is 5.73 Å². The molecule has 3 rings (SSSR count). The first kappa shape index (κ1) is 14.7. The Balaban J connectivity index is 0.00000133. The second-order valence-corrected chi connectivity index (χ2v) is 5.04. The Bertz CT molecular complexity index is 399. The van der Waals surface area contributed by atoms with Crippen molar-refractivity contribution < 1.29 is 9.26 Å². The van der Waals surface area contributed by atoms with Crippen molar-refractivity contribution in [3.05, 3.63) is 11.7 Å². The van der Waals surface area contributed by atoms with Crippen LogP contribution in [0, 0.1) is 0 Å². The van der Waals surface area contributed by atoms with Crippen molar-refractivity contribution in [3.8, 4) is 0 Å². The number of nitrogens with zero attached hydrogens (tertiary/aromatic N) is 3. The largest absolute Gasteiger partial charge is 0.375 e. The second-order valence-electron chi connectivity index (χ2n) is 5.04. The van der Waals surface area contributed by atoms with E-state index in [1.807, 2.05) is 0 Å². The molecule has 108 valence electrons.